The number of rotatable bonds is 7. The van der Waals surface area contributed by atoms with Gasteiger partial charge in [-0.1, -0.05) is 24.3 Å². The van der Waals surface area contributed by atoms with E-state index < -0.39 is 10.9 Å². The second kappa shape index (κ2) is 10.0. The number of amides is 1. The topological polar surface area (TPSA) is 93.0 Å². The number of esters is 1. The largest absolute Gasteiger partial charge is 0.455 e. The molecule has 3 rings (SSSR count). The van der Waals surface area contributed by atoms with Crippen molar-refractivity contribution in [1.29, 1.82) is 0 Å². The van der Waals surface area contributed by atoms with Gasteiger partial charge in [-0.05, 0) is 36.6 Å². The van der Waals surface area contributed by atoms with Crippen LogP contribution in [0.4, 0.5) is 15.8 Å². The van der Waals surface area contributed by atoms with Crippen LogP contribution in [0.2, 0.25) is 0 Å². The highest BCUT2D eigenvalue weighted by molar-refractivity contribution is 5.81. The minimum absolute atomic E-state index is 0.0401. The van der Waals surface area contributed by atoms with Gasteiger partial charge in [0, 0.05) is 32.7 Å². The maximum atomic E-state index is 13.0. The van der Waals surface area contributed by atoms with Crippen molar-refractivity contribution < 1.29 is 23.6 Å². The van der Waals surface area contributed by atoms with Crippen molar-refractivity contribution in [1.82, 2.24) is 4.90 Å². The summed E-state index contributed by atoms with van der Waals surface area (Å²) in [5.41, 5.74) is 1.35. The summed E-state index contributed by atoms with van der Waals surface area (Å²) < 4.78 is 18.2. The lowest BCUT2D eigenvalue weighted by atomic mass is 9.96. The van der Waals surface area contributed by atoms with E-state index in [1.54, 1.807) is 37.4 Å². The maximum Gasteiger partial charge on any atom is 0.309 e. The van der Waals surface area contributed by atoms with E-state index in [0.717, 1.165) is 5.56 Å². The molecule has 1 aliphatic rings. The molecular weight excluding hydrogens is 405 g/mol. The van der Waals surface area contributed by atoms with Crippen molar-refractivity contribution in [2.45, 2.75) is 19.4 Å². The molecule has 0 aliphatic carbocycles. The molecule has 0 atom stereocenters. The fraction of sp³-hybridized carbons (Fsp3) is 0.364. The smallest absolute Gasteiger partial charge is 0.309 e. The summed E-state index contributed by atoms with van der Waals surface area (Å²) in [6.07, 6.45) is 0.981. The van der Waals surface area contributed by atoms with Crippen LogP contribution >= 0.6 is 0 Å². The summed E-state index contributed by atoms with van der Waals surface area (Å²) in [5.74, 6) is -1.49. The van der Waals surface area contributed by atoms with Gasteiger partial charge >= 0.3 is 5.97 Å². The van der Waals surface area contributed by atoms with Crippen LogP contribution in [0, 0.1) is 21.8 Å². The monoisotopic (exact) mass is 429 g/mol. The minimum atomic E-state index is -0.439. The first-order chi connectivity index (χ1) is 14.8. The number of carbonyl (C=O) groups is 2. The SMILES string of the molecule is CN(Cc1ccc(F)cc1)C(=O)COC(=O)C1CCN(c2ccccc2[N+](=O)[O-])CC1. The Morgan fingerprint density at radius 3 is 2.45 bits per heavy atom. The van der Waals surface area contributed by atoms with Crippen LogP contribution in [0.15, 0.2) is 48.5 Å². The lowest BCUT2D eigenvalue weighted by Crippen LogP contribution is -2.38. The van der Waals surface area contributed by atoms with E-state index in [4.69, 9.17) is 4.74 Å². The van der Waals surface area contributed by atoms with Crippen molar-refractivity contribution in [3.63, 3.8) is 0 Å². The number of ether oxygens (including phenoxy) is 1. The number of anilines is 1. The number of piperidine rings is 1. The van der Waals surface area contributed by atoms with Gasteiger partial charge in [0.25, 0.3) is 11.6 Å². The van der Waals surface area contributed by atoms with E-state index in [1.807, 2.05) is 4.90 Å². The van der Waals surface area contributed by atoms with E-state index in [-0.39, 0.29) is 36.5 Å². The number of para-hydroxylation sites is 2. The highest BCUT2D eigenvalue weighted by atomic mass is 19.1. The van der Waals surface area contributed by atoms with Gasteiger partial charge in [-0.25, -0.2) is 4.39 Å². The summed E-state index contributed by atoms with van der Waals surface area (Å²) in [5, 5.41) is 11.2. The Balaban J connectivity index is 1.46. The molecule has 164 valence electrons. The standard InChI is InChI=1S/C22H24FN3O5/c1-24(14-16-6-8-18(23)9-7-16)21(27)15-31-22(28)17-10-12-25(13-11-17)19-4-2-3-5-20(19)26(29)30/h2-9,17H,10-15H2,1H3. The van der Waals surface area contributed by atoms with Gasteiger partial charge in [0.1, 0.15) is 11.5 Å². The van der Waals surface area contributed by atoms with Crippen molar-refractivity contribution in [2.24, 2.45) is 5.92 Å². The molecule has 0 unspecified atom stereocenters. The minimum Gasteiger partial charge on any atom is -0.455 e. The lowest BCUT2D eigenvalue weighted by molar-refractivity contribution is -0.384. The number of nitro benzene ring substituents is 1. The van der Waals surface area contributed by atoms with Gasteiger partial charge in [0.2, 0.25) is 0 Å². The molecule has 0 radical (unpaired) electrons. The number of hydrogen-bond donors (Lipinski definition) is 0. The Labute approximate surface area is 179 Å². The molecule has 1 fully saturated rings. The number of nitro groups is 1. The number of benzene rings is 2. The van der Waals surface area contributed by atoms with Crippen LogP contribution in [0.3, 0.4) is 0 Å². The molecule has 31 heavy (non-hydrogen) atoms. The number of hydrogen-bond acceptors (Lipinski definition) is 6. The lowest BCUT2D eigenvalue weighted by Gasteiger charge is -2.32. The van der Waals surface area contributed by atoms with Crippen molar-refractivity contribution in [2.75, 3.05) is 31.6 Å². The summed E-state index contributed by atoms with van der Waals surface area (Å²) in [7, 11) is 1.59. The zero-order valence-electron chi connectivity index (χ0n) is 17.2. The van der Waals surface area contributed by atoms with E-state index >= 15 is 0 Å². The second-order valence-electron chi connectivity index (χ2n) is 7.49. The fourth-order valence-corrected chi connectivity index (χ4v) is 3.55. The average molecular weight is 429 g/mol. The van der Waals surface area contributed by atoms with Gasteiger partial charge in [0.05, 0.1) is 10.8 Å². The number of carbonyl (C=O) groups excluding carboxylic acids is 2. The normalized spacial score (nSPS) is 14.2. The zero-order valence-corrected chi connectivity index (χ0v) is 17.2. The molecule has 2 aromatic rings. The molecule has 0 saturated carbocycles. The Bertz CT molecular complexity index is 942. The van der Waals surface area contributed by atoms with Crippen molar-refractivity contribution >= 4 is 23.3 Å². The molecular formula is C22H24FN3O5. The van der Waals surface area contributed by atoms with Crippen molar-refractivity contribution in [3.05, 3.63) is 70.0 Å². The summed E-state index contributed by atoms with van der Waals surface area (Å²) in [6, 6.07) is 12.4. The molecule has 1 amide bonds. The van der Waals surface area contributed by atoms with Gasteiger partial charge in [-0.3, -0.25) is 19.7 Å². The Kier molecular flexibility index (Phi) is 7.17. The first-order valence-corrected chi connectivity index (χ1v) is 9.98. The third-order valence-electron chi connectivity index (χ3n) is 5.34. The zero-order chi connectivity index (χ0) is 22.4. The number of likely N-dealkylation sites (N-methyl/N-ethyl adjacent to an activating group) is 1. The predicted molar refractivity (Wildman–Crippen MR) is 112 cm³/mol. The van der Waals surface area contributed by atoms with Gasteiger partial charge < -0.3 is 14.5 Å². The molecule has 0 N–H and O–H groups in total. The van der Waals surface area contributed by atoms with Crippen LogP contribution in [0.5, 0.6) is 0 Å². The molecule has 2 aromatic carbocycles. The average Bonchev–Trinajstić information content (AvgIpc) is 2.78. The van der Waals surface area contributed by atoms with Gasteiger partial charge in [0.15, 0.2) is 6.61 Å². The first kappa shape index (κ1) is 22.2. The molecule has 0 spiro atoms. The van der Waals surface area contributed by atoms with E-state index in [0.29, 0.717) is 31.6 Å². The highest BCUT2D eigenvalue weighted by Gasteiger charge is 2.29. The summed E-state index contributed by atoms with van der Waals surface area (Å²) in [6.45, 7) is 0.901. The third-order valence-corrected chi connectivity index (χ3v) is 5.34. The summed E-state index contributed by atoms with van der Waals surface area (Å²) >= 11 is 0. The van der Waals surface area contributed by atoms with Crippen LogP contribution in [-0.2, 0) is 20.9 Å². The Morgan fingerprint density at radius 2 is 1.81 bits per heavy atom. The Hall–Kier alpha value is -3.49. The van der Waals surface area contributed by atoms with Crippen LogP contribution in [0.25, 0.3) is 0 Å². The highest BCUT2D eigenvalue weighted by Crippen LogP contribution is 2.31. The molecule has 1 heterocycles. The van der Waals surface area contributed by atoms with Gasteiger partial charge in [-0.2, -0.15) is 0 Å². The number of nitrogens with zero attached hydrogens (tertiary/aromatic N) is 3. The number of halogens is 1. The quantitative estimate of drug-likeness (QED) is 0.381. The Morgan fingerprint density at radius 1 is 1.16 bits per heavy atom. The van der Waals surface area contributed by atoms with Crippen LogP contribution in [-0.4, -0.2) is 48.4 Å². The molecule has 8 nitrogen and oxygen atoms in total. The third kappa shape index (κ3) is 5.78. The molecule has 1 saturated heterocycles. The second-order valence-corrected chi connectivity index (χ2v) is 7.49. The maximum absolute atomic E-state index is 13.0. The molecule has 0 aromatic heterocycles. The predicted octanol–water partition coefficient (Wildman–Crippen LogP) is 3.15. The first-order valence-electron chi connectivity index (χ1n) is 9.98. The van der Waals surface area contributed by atoms with E-state index in [1.165, 1.54) is 23.1 Å². The van der Waals surface area contributed by atoms with Crippen LogP contribution < -0.4 is 4.90 Å². The fourth-order valence-electron chi connectivity index (χ4n) is 3.55. The van der Waals surface area contributed by atoms with Crippen LogP contribution in [0.1, 0.15) is 18.4 Å². The van der Waals surface area contributed by atoms with Crippen molar-refractivity contribution in [3.8, 4) is 0 Å². The summed E-state index contributed by atoms with van der Waals surface area (Å²) in [4.78, 5) is 38.7. The molecule has 0 bridgehead atoms. The van der Waals surface area contributed by atoms with E-state index in [2.05, 4.69) is 0 Å². The van der Waals surface area contributed by atoms with Gasteiger partial charge in [-0.15, -0.1) is 0 Å². The molecule has 9 heteroatoms. The van der Waals surface area contributed by atoms with E-state index in [9.17, 15) is 24.1 Å². The molecule has 1 aliphatic heterocycles.